The van der Waals surface area contributed by atoms with Gasteiger partial charge in [0.2, 0.25) is 0 Å². The molecule has 1 saturated carbocycles. The first-order valence-corrected chi connectivity index (χ1v) is 8.93. The Morgan fingerprint density at radius 2 is 2.14 bits per heavy atom. The minimum atomic E-state index is -0.712. The minimum absolute atomic E-state index is 0.142. The number of methoxy groups -OCH3 is 1. The number of anilines is 1. The highest BCUT2D eigenvalue weighted by molar-refractivity contribution is 6.04. The molecule has 0 spiro atoms. The third kappa shape index (κ3) is 2.64. The molecule has 0 unspecified atom stereocenters. The van der Waals surface area contributed by atoms with Crippen LogP contribution in [-0.4, -0.2) is 27.8 Å². The summed E-state index contributed by atoms with van der Waals surface area (Å²) in [6.45, 7) is 0. The van der Waals surface area contributed by atoms with Crippen LogP contribution in [0.4, 0.5) is 14.6 Å². The van der Waals surface area contributed by atoms with Gasteiger partial charge in [0, 0.05) is 29.8 Å². The van der Waals surface area contributed by atoms with Gasteiger partial charge in [-0.2, -0.15) is 5.10 Å². The van der Waals surface area contributed by atoms with E-state index in [0.717, 1.165) is 30.2 Å². The van der Waals surface area contributed by atoms with E-state index in [1.54, 1.807) is 12.1 Å². The molecule has 3 aromatic rings. The predicted molar refractivity (Wildman–Crippen MR) is 96.8 cm³/mol. The lowest BCUT2D eigenvalue weighted by Crippen LogP contribution is -2.16. The van der Waals surface area contributed by atoms with Crippen molar-refractivity contribution in [1.29, 1.82) is 0 Å². The molecule has 2 heterocycles. The Balaban J connectivity index is 1.54. The number of amides is 1. The lowest BCUT2D eigenvalue weighted by Gasteiger charge is -2.07. The van der Waals surface area contributed by atoms with Crippen LogP contribution in [0.15, 0.2) is 36.5 Å². The molecule has 1 fully saturated rings. The number of aromatic nitrogens is 3. The van der Waals surface area contributed by atoms with Gasteiger partial charge in [0.1, 0.15) is 23.1 Å². The summed E-state index contributed by atoms with van der Waals surface area (Å²) in [6.07, 6.45) is 3.26. The second kappa shape index (κ2) is 6.12. The Morgan fingerprint density at radius 3 is 2.93 bits per heavy atom. The van der Waals surface area contributed by atoms with Crippen molar-refractivity contribution in [1.82, 2.24) is 14.8 Å². The molecule has 1 amide bonds. The molecule has 1 N–H and O–H groups in total. The molecule has 8 heteroatoms. The summed E-state index contributed by atoms with van der Waals surface area (Å²) in [7, 11) is 1.53. The van der Waals surface area contributed by atoms with Crippen LogP contribution in [0, 0.1) is 17.6 Å². The molecule has 142 valence electrons. The predicted octanol–water partition coefficient (Wildman–Crippen LogP) is 3.47. The summed E-state index contributed by atoms with van der Waals surface area (Å²) in [4.78, 5) is 17.0. The third-order valence-corrected chi connectivity index (χ3v) is 5.33. The normalized spacial score (nSPS) is 19.1. The number of pyridine rings is 1. The molecule has 28 heavy (non-hydrogen) atoms. The summed E-state index contributed by atoms with van der Waals surface area (Å²) in [5.74, 6) is -0.154. The molecule has 5 rings (SSSR count). The zero-order valence-corrected chi connectivity index (χ0v) is 14.9. The van der Waals surface area contributed by atoms with Crippen molar-refractivity contribution in [3.8, 4) is 11.4 Å². The number of carbonyl (C=O) groups is 1. The Morgan fingerprint density at radius 1 is 1.29 bits per heavy atom. The number of hydrogen-bond donors (Lipinski definition) is 1. The largest absolute Gasteiger partial charge is 0.497 e. The van der Waals surface area contributed by atoms with E-state index in [4.69, 9.17) is 4.74 Å². The standard InChI is InChI=1S/C20H16F2N4O2/c1-28-12-4-5-23-17(9-12)24-20(27)18-14-7-10-6-13(10)19(14)26(25-18)16-3-2-11(21)8-15(16)22/h2-5,8-10,13H,6-7H2,1H3,(H,23,24,27)/t10-,13-/m1/s1. The fourth-order valence-electron chi connectivity index (χ4n) is 3.92. The molecule has 6 nitrogen and oxygen atoms in total. The van der Waals surface area contributed by atoms with Gasteiger partial charge in [0.15, 0.2) is 11.5 Å². The highest BCUT2D eigenvalue weighted by Gasteiger charge is 2.50. The zero-order valence-electron chi connectivity index (χ0n) is 14.9. The van der Waals surface area contributed by atoms with E-state index in [9.17, 15) is 13.6 Å². The number of ether oxygens (including phenoxy) is 1. The van der Waals surface area contributed by atoms with Gasteiger partial charge in [-0.3, -0.25) is 4.79 Å². The summed E-state index contributed by atoms with van der Waals surface area (Å²) in [6, 6.07) is 6.63. The molecule has 1 aromatic carbocycles. The van der Waals surface area contributed by atoms with Gasteiger partial charge in [0.25, 0.3) is 5.91 Å². The monoisotopic (exact) mass is 382 g/mol. The Bertz CT molecular complexity index is 1110. The molecule has 0 bridgehead atoms. The number of rotatable bonds is 4. The van der Waals surface area contributed by atoms with E-state index >= 15 is 0 Å². The van der Waals surface area contributed by atoms with E-state index in [0.29, 0.717) is 17.5 Å². The zero-order chi connectivity index (χ0) is 19.4. The molecule has 2 aromatic heterocycles. The number of carbonyl (C=O) groups excluding carboxylic acids is 1. The van der Waals surface area contributed by atoms with Gasteiger partial charge in [0.05, 0.1) is 12.8 Å². The third-order valence-electron chi connectivity index (χ3n) is 5.33. The van der Waals surface area contributed by atoms with Crippen LogP contribution in [0.2, 0.25) is 0 Å². The first-order valence-electron chi connectivity index (χ1n) is 8.93. The SMILES string of the molecule is COc1ccnc(NC(=O)c2nn(-c3ccc(F)cc3F)c3c2C[C@H]2C[C@@H]32)c1. The highest BCUT2D eigenvalue weighted by atomic mass is 19.1. The highest BCUT2D eigenvalue weighted by Crippen LogP contribution is 2.57. The number of nitrogens with one attached hydrogen (secondary N) is 1. The summed E-state index contributed by atoms with van der Waals surface area (Å²) in [5, 5.41) is 7.11. The van der Waals surface area contributed by atoms with E-state index in [1.165, 1.54) is 30.1 Å². The van der Waals surface area contributed by atoms with Crippen LogP contribution in [0.1, 0.15) is 34.1 Å². The second-order valence-corrected chi connectivity index (χ2v) is 7.06. The second-order valence-electron chi connectivity index (χ2n) is 7.06. The van der Waals surface area contributed by atoms with Gasteiger partial charge in [-0.1, -0.05) is 0 Å². The topological polar surface area (TPSA) is 69.0 Å². The van der Waals surface area contributed by atoms with Crippen LogP contribution >= 0.6 is 0 Å². The van der Waals surface area contributed by atoms with Gasteiger partial charge < -0.3 is 10.1 Å². The molecule has 2 aliphatic rings. The van der Waals surface area contributed by atoms with E-state index < -0.39 is 17.5 Å². The first kappa shape index (κ1) is 16.9. The van der Waals surface area contributed by atoms with Crippen LogP contribution in [0.5, 0.6) is 5.75 Å². The van der Waals surface area contributed by atoms with E-state index in [1.807, 2.05) is 0 Å². The van der Waals surface area contributed by atoms with Crippen molar-refractivity contribution in [3.63, 3.8) is 0 Å². The van der Waals surface area contributed by atoms with Crippen molar-refractivity contribution < 1.29 is 18.3 Å². The minimum Gasteiger partial charge on any atom is -0.497 e. The molecule has 2 aliphatic carbocycles. The van der Waals surface area contributed by atoms with Crippen LogP contribution in [-0.2, 0) is 6.42 Å². The van der Waals surface area contributed by atoms with Gasteiger partial charge >= 0.3 is 0 Å². The van der Waals surface area contributed by atoms with Crippen molar-refractivity contribution in [2.24, 2.45) is 5.92 Å². The lowest BCUT2D eigenvalue weighted by molar-refractivity contribution is 0.102. The summed E-state index contributed by atoms with van der Waals surface area (Å²) >= 11 is 0. The summed E-state index contributed by atoms with van der Waals surface area (Å²) < 4.78 is 34.3. The molecular weight excluding hydrogens is 366 g/mol. The first-order chi connectivity index (χ1) is 13.5. The molecular formula is C20H16F2N4O2. The number of benzene rings is 1. The van der Waals surface area contributed by atoms with Crippen molar-refractivity contribution in [2.75, 3.05) is 12.4 Å². The average molecular weight is 382 g/mol. The summed E-state index contributed by atoms with van der Waals surface area (Å²) in [5.41, 5.74) is 2.06. The molecule has 2 atom stereocenters. The van der Waals surface area contributed by atoms with Crippen molar-refractivity contribution in [2.45, 2.75) is 18.8 Å². The van der Waals surface area contributed by atoms with Crippen LogP contribution < -0.4 is 10.1 Å². The smallest absolute Gasteiger partial charge is 0.277 e. The molecule has 0 radical (unpaired) electrons. The number of halogens is 2. The Hall–Kier alpha value is -3.29. The lowest BCUT2D eigenvalue weighted by atomic mass is 10.1. The van der Waals surface area contributed by atoms with E-state index in [2.05, 4.69) is 15.4 Å². The number of hydrogen-bond acceptors (Lipinski definition) is 4. The van der Waals surface area contributed by atoms with Crippen LogP contribution in [0.25, 0.3) is 5.69 Å². The Kier molecular flexibility index (Phi) is 3.68. The Labute approximate surface area is 159 Å². The molecule has 0 aliphatic heterocycles. The maximum atomic E-state index is 14.4. The van der Waals surface area contributed by atoms with Crippen molar-refractivity contribution in [3.05, 3.63) is 65.1 Å². The number of fused-ring (bicyclic) bond motifs is 3. The fourth-order valence-corrected chi connectivity index (χ4v) is 3.92. The van der Waals surface area contributed by atoms with E-state index in [-0.39, 0.29) is 17.3 Å². The fraction of sp³-hybridized carbons (Fsp3) is 0.250. The quantitative estimate of drug-likeness (QED) is 0.750. The number of nitrogens with zero attached hydrogens (tertiary/aromatic N) is 3. The maximum Gasteiger partial charge on any atom is 0.277 e. The molecule has 0 saturated heterocycles. The van der Waals surface area contributed by atoms with Crippen LogP contribution in [0.3, 0.4) is 0 Å². The maximum absolute atomic E-state index is 14.4. The van der Waals surface area contributed by atoms with Gasteiger partial charge in [-0.05, 0) is 37.0 Å². The average Bonchev–Trinajstić information content (AvgIpc) is 3.18. The van der Waals surface area contributed by atoms with Gasteiger partial charge in [-0.25, -0.2) is 18.4 Å². The van der Waals surface area contributed by atoms with Crippen molar-refractivity contribution >= 4 is 11.7 Å². The van der Waals surface area contributed by atoms with Gasteiger partial charge in [-0.15, -0.1) is 0 Å².